The van der Waals surface area contributed by atoms with Crippen LogP contribution in [0, 0.1) is 0 Å². The van der Waals surface area contributed by atoms with Crippen LogP contribution in [0.1, 0.15) is 18.5 Å². The van der Waals surface area contributed by atoms with Crippen molar-refractivity contribution in [3.63, 3.8) is 0 Å². The number of benzene rings is 1. The Morgan fingerprint density at radius 3 is 2.60 bits per heavy atom. The van der Waals surface area contributed by atoms with E-state index >= 15 is 0 Å². The first-order chi connectivity index (χ1) is 9.41. The average Bonchev–Trinajstić information content (AvgIpc) is 2.92. The Hall–Kier alpha value is -1.79. The summed E-state index contributed by atoms with van der Waals surface area (Å²) in [5.74, 6) is 0. The molecule has 0 fully saturated rings. The van der Waals surface area contributed by atoms with Crippen LogP contribution in [-0.4, -0.2) is 26.8 Å². The number of furan rings is 1. The predicted octanol–water partition coefficient (Wildman–Crippen LogP) is 2.70. The summed E-state index contributed by atoms with van der Waals surface area (Å²) in [6.07, 6.45) is 3.28. The number of nitrogens with zero attached hydrogens (tertiary/aromatic N) is 1. The van der Waals surface area contributed by atoms with Gasteiger partial charge in [-0.15, -0.1) is 0 Å². The molecule has 0 spiro atoms. The van der Waals surface area contributed by atoms with Crippen molar-refractivity contribution >= 4 is 15.7 Å². The van der Waals surface area contributed by atoms with E-state index in [0.717, 1.165) is 11.3 Å². The fourth-order valence-electron chi connectivity index (χ4n) is 1.81. The predicted molar refractivity (Wildman–Crippen MR) is 78.1 cm³/mol. The van der Waals surface area contributed by atoms with Gasteiger partial charge in [-0.05, 0) is 31.2 Å². The minimum absolute atomic E-state index is 0.0334. The first-order valence-electron chi connectivity index (χ1n) is 6.22. The molecule has 1 N–H and O–H groups in total. The van der Waals surface area contributed by atoms with Crippen LogP contribution in [0.25, 0.3) is 0 Å². The van der Waals surface area contributed by atoms with Gasteiger partial charge >= 0.3 is 0 Å². The molecule has 6 heteroatoms. The highest BCUT2D eigenvalue weighted by Gasteiger charge is 2.17. The van der Waals surface area contributed by atoms with E-state index < -0.39 is 10.0 Å². The molecular weight excluding hydrogens is 276 g/mol. The molecule has 5 nitrogen and oxygen atoms in total. The van der Waals surface area contributed by atoms with Crippen LogP contribution in [0.4, 0.5) is 5.69 Å². The maximum atomic E-state index is 12.1. The smallest absolute Gasteiger partial charge is 0.242 e. The number of nitrogens with one attached hydrogen (secondary N) is 1. The molecule has 0 saturated carbocycles. The maximum absolute atomic E-state index is 12.1. The molecule has 0 saturated heterocycles. The van der Waals surface area contributed by atoms with Crippen LogP contribution in [0.15, 0.2) is 52.2 Å². The lowest BCUT2D eigenvalue weighted by Gasteiger charge is -2.16. The van der Waals surface area contributed by atoms with Gasteiger partial charge in [-0.1, -0.05) is 6.07 Å². The molecule has 1 heterocycles. The van der Waals surface area contributed by atoms with Gasteiger partial charge in [-0.3, -0.25) is 0 Å². The van der Waals surface area contributed by atoms with Crippen LogP contribution in [0.2, 0.25) is 0 Å². The average molecular weight is 294 g/mol. The molecule has 0 radical (unpaired) electrons. The quantitative estimate of drug-likeness (QED) is 0.921. The van der Waals surface area contributed by atoms with Gasteiger partial charge in [-0.2, -0.15) is 0 Å². The molecule has 0 aliphatic heterocycles. The zero-order chi connectivity index (χ0) is 14.8. The van der Waals surface area contributed by atoms with Crippen molar-refractivity contribution in [3.05, 3.63) is 48.4 Å². The standard InChI is InChI=1S/C14H18N2O3S/c1-11(12-7-8-19-10-12)15-13-5-4-6-14(9-13)20(17,18)16(2)3/h4-11,15H,1-3H3. The fourth-order valence-corrected chi connectivity index (χ4v) is 2.76. The van der Waals surface area contributed by atoms with Crippen LogP contribution in [0.3, 0.4) is 0 Å². The lowest BCUT2D eigenvalue weighted by atomic mass is 10.1. The van der Waals surface area contributed by atoms with Gasteiger partial charge in [0.1, 0.15) is 0 Å². The second-order valence-electron chi connectivity index (χ2n) is 4.74. The first kappa shape index (κ1) is 14.6. The Kier molecular flexibility index (Phi) is 4.15. The summed E-state index contributed by atoms with van der Waals surface area (Å²) >= 11 is 0. The van der Waals surface area contributed by atoms with Crippen molar-refractivity contribution in [3.8, 4) is 0 Å². The third-order valence-electron chi connectivity index (χ3n) is 3.04. The molecular formula is C14H18N2O3S. The second kappa shape index (κ2) is 5.68. The van der Waals surface area contributed by atoms with Crippen LogP contribution in [-0.2, 0) is 10.0 Å². The molecule has 0 amide bonds. The monoisotopic (exact) mass is 294 g/mol. The number of anilines is 1. The highest BCUT2D eigenvalue weighted by molar-refractivity contribution is 7.89. The van der Waals surface area contributed by atoms with Crippen molar-refractivity contribution in [1.29, 1.82) is 0 Å². The number of hydrogen-bond donors (Lipinski definition) is 1. The Labute approximate surface area is 119 Å². The zero-order valence-electron chi connectivity index (χ0n) is 11.7. The molecule has 2 aromatic rings. The molecule has 0 bridgehead atoms. The van der Waals surface area contributed by atoms with Crippen molar-refractivity contribution in [2.45, 2.75) is 17.9 Å². The highest BCUT2D eigenvalue weighted by Crippen LogP contribution is 2.22. The van der Waals surface area contributed by atoms with E-state index in [1.165, 1.54) is 18.4 Å². The van der Waals surface area contributed by atoms with Crippen molar-refractivity contribution in [1.82, 2.24) is 4.31 Å². The Balaban J connectivity index is 2.23. The molecule has 1 aromatic heterocycles. The summed E-state index contributed by atoms with van der Waals surface area (Å²) in [7, 11) is -0.379. The number of hydrogen-bond acceptors (Lipinski definition) is 4. The first-order valence-corrected chi connectivity index (χ1v) is 7.66. The van der Waals surface area contributed by atoms with E-state index in [2.05, 4.69) is 5.32 Å². The third kappa shape index (κ3) is 3.02. The summed E-state index contributed by atoms with van der Waals surface area (Å²) in [6.45, 7) is 1.98. The molecule has 1 atom stereocenters. The summed E-state index contributed by atoms with van der Waals surface area (Å²) < 4.78 is 30.4. The highest BCUT2D eigenvalue weighted by atomic mass is 32.2. The van der Waals surface area contributed by atoms with Crippen molar-refractivity contribution in [2.24, 2.45) is 0 Å². The van der Waals surface area contributed by atoms with Gasteiger partial charge < -0.3 is 9.73 Å². The van der Waals surface area contributed by atoms with Gasteiger partial charge in [0, 0.05) is 25.3 Å². The lowest BCUT2D eigenvalue weighted by molar-refractivity contribution is 0.521. The normalized spacial score (nSPS) is 13.4. The van der Waals surface area contributed by atoms with Gasteiger partial charge in [-0.25, -0.2) is 12.7 Å². The van der Waals surface area contributed by atoms with E-state index in [1.54, 1.807) is 30.7 Å². The van der Waals surface area contributed by atoms with Crippen molar-refractivity contribution < 1.29 is 12.8 Å². The van der Waals surface area contributed by atoms with E-state index in [-0.39, 0.29) is 10.9 Å². The van der Waals surface area contributed by atoms with Crippen molar-refractivity contribution in [2.75, 3.05) is 19.4 Å². The van der Waals surface area contributed by atoms with Gasteiger partial charge in [0.25, 0.3) is 0 Å². The molecule has 20 heavy (non-hydrogen) atoms. The summed E-state index contributed by atoms with van der Waals surface area (Å²) in [5, 5.41) is 3.25. The topological polar surface area (TPSA) is 62.6 Å². The Morgan fingerprint density at radius 1 is 1.25 bits per heavy atom. The van der Waals surface area contributed by atoms with E-state index in [0.29, 0.717) is 0 Å². The maximum Gasteiger partial charge on any atom is 0.242 e. The molecule has 1 aromatic carbocycles. The number of sulfonamides is 1. The lowest BCUT2D eigenvalue weighted by Crippen LogP contribution is -2.22. The van der Waals surface area contributed by atoms with Gasteiger partial charge in [0.15, 0.2) is 0 Å². The SMILES string of the molecule is CC(Nc1cccc(S(=O)(=O)N(C)C)c1)c1ccoc1. The summed E-state index contributed by atoms with van der Waals surface area (Å²) in [5.41, 5.74) is 1.76. The van der Waals surface area contributed by atoms with Crippen LogP contribution >= 0.6 is 0 Å². The number of rotatable bonds is 5. The van der Waals surface area contributed by atoms with E-state index in [1.807, 2.05) is 19.1 Å². The van der Waals surface area contributed by atoms with Crippen LogP contribution < -0.4 is 5.32 Å². The Bertz CT molecular complexity index is 663. The third-order valence-corrected chi connectivity index (χ3v) is 4.85. The Morgan fingerprint density at radius 2 is 2.00 bits per heavy atom. The van der Waals surface area contributed by atoms with E-state index in [4.69, 9.17) is 4.42 Å². The largest absolute Gasteiger partial charge is 0.472 e. The van der Waals surface area contributed by atoms with Crippen LogP contribution in [0.5, 0.6) is 0 Å². The molecule has 0 aliphatic carbocycles. The molecule has 0 aliphatic rings. The fraction of sp³-hybridized carbons (Fsp3) is 0.286. The van der Waals surface area contributed by atoms with Gasteiger partial charge in [0.2, 0.25) is 10.0 Å². The van der Waals surface area contributed by atoms with Gasteiger partial charge in [0.05, 0.1) is 23.5 Å². The molecule has 1 unspecified atom stereocenters. The zero-order valence-corrected chi connectivity index (χ0v) is 12.5. The minimum atomic E-state index is -3.41. The summed E-state index contributed by atoms with van der Waals surface area (Å²) in [6, 6.07) is 8.69. The second-order valence-corrected chi connectivity index (χ2v) is 6.89. The van der Waals surface area contributed by atoms with E-state index in [9.17, 15) is 8.42 Å². The molecule has 2 rings (SSSR count). The minimum Gasteiger partial charge on any atom is -0.472 e. The molecule has 108 valence electrons. The summed E-state index contributed by atoms with van der Waals surface area (Å²) in [4.78, 5) is 0.270.